The van der Waals surface area contributed by atoms with Crippen LogP contribution in [0.5, 0.6) is 11.5 Å². The summed E-state index contributed by atoms with van der Waals surface area (Å²) in [6, 6.07) is 9.59. The summed E-state index contributed by atoms with van der Waals surface area (Å²) in [5.41, 5.74) is 0.573. The lowest BCUT2D eigenvalue weighted by Gasteiger charge is -2.07. The molecule has 0 unspecified atom stereocenters. The molecule has 5 nitrogen and oxygen atoms in total. The lowest BCUT2D eigenvalue weighted by molar-refractivity contribution is 0.412. The van der Waals surface area contributed by atoms with Gasteiger partial charge in [-0.15, -0.1) is 0 Å². The molecule has 3 rings (SSSR count). The Morgan fingerprint density at radius 3 is 2.81 bits per heavy atom. The normalized spacial score (nSPS) is 10.8. The number of phenols is 1. The van der Waals surface area contributed by atoms with Crippen molar-refractivity contribution in [3.8, 4) is 22.9 Å². The number of H-pyrrole nitrogens is 1. The Morgan fingerprint density at radius 2 is 2.05 bits per heavy atom. The summed E-state index contributed by atoms with van der Waals surface area (Å²) in [5.74, 6) is 0.833. The predicted molar refractivity (Wildman–Crippen MR) is 81.0 cm³/mol. The molecule has 106 valence electrons. The highest BCUT2D eigenvalue weighted by atomic mass is 35.5. The van der Waals surface area contributed by atoms with E-state index in [1.165, 1.54) is 13.2 Å². The van der Waals surface area contributed by atoms with Crippen LogP contribution in [0.4, 0.5) is 0 Å². The molecule has 0 radical (unpaired) electrons. The summed E-state index contributed by atoms with van der Waals surface area (Å²) >= 11 is 5.88. The van der Waals surface area contributed by atoms with E-state index in [-0.39, 0.29) is 17.1 Å². The maximum Gasteiger partial charge on any atom is 0.259 e. The van der Waals surface area contributed by atoms with Crippen LogP contribution >= 0.6 is 11.6 Å². The van der Waals surface area contributed by atoms with Crippen LogP contribution in [0.2, 0.25) is 5.02 Å². The molecule has 1 heterocycles. The molecule has 6 heteroatoms. The van der Waals surface area contributed by atoms with Crippen LogP contribution in [0.1, 0.15) is 0 Å². The molecular weight excluding hydrogens is 292 g/mol. The number of phenolic OH excluding ortho intramolecular Hbond substituents is 1. The van der Waals surface area contributed by atoms with Crippen LogP contribution < -0.4 is 10.3 Å². The van der Waals surface area contributed by atoms with Gasteiger partial charge in [0, 0.05) is 5.02 Å². The number of methoxy groups -OCH3 is 1. The van der Waals surface area contributed by atoms with Gasteiger partial charge in [-0.1, -0.05) is 11.6 Å². The number of hydrogen-bond acceptors (Lipinski definition) is 4. The molecule has 0 atom stereocenters. The number of aromatic hydroxyl groups is 1. The maximum absolute atomic E-state index is 12.1. The number of rotatable bonds is 2. The largest absolute Gasteiger partial charge is 0.507 e. The molecule has 0 saturated heterocycles. The van der Waals surface area contributed by atoms with E-state index in [0.717, 1.165) is 0 Å². The number of benzene rings is 2. The van der Waals surface area contributed by atoms with Crippen LogP contribution in [0, 0.1) is 0 Å². The van der Waals surface area contributed by atoms with E-state index >= 15 is 0 Å². The van der Waals surface area contributed by atoms with Gasteiger partial charge in [0.15, 0.2) is 0 Å². The van der Waals surface area contributed by atoms with Gasteiger partial charge in [0.2, 0.25) is 0 Å². The zero-order chi connectivity index (χ0) is 15.0. The monoisotopic (exact) mass is 302 g/mol. The zero-order valence-corrected chi connectivity index (χ0v) is 11.8. The molecule has 0 amide bonds. The molecule has 0 saturated carbocycles. The number of halogens is 1. The van der Waals surface area contributed by atoms with Gasteiger partial charge in [0.1, 0.15) is 17.3 Å². The fraction of sp³-hybridized carbons (Fsp3) is 0.0667. The second-order valence-corrected chi connectivity index (χ2v) is 4.90. The van der Waals surface area contributed by atoms with Crippen molar-refractivity contribution in [2.24, 2.45) is 0 Å². The van der Waals surface area contributed by atoms with Crippen LogP contribution in [0.15, 0.2) is 41.2 Å². The van der Waals surface area contributed by atoms with E-state index < -0.39 is 0 Å². The number of fused-ring (bicyclic) bond motifs is 1. The summed E-state index contributed by atoms with van der Waals surface area (Å²) in [7, 11) is 1.52. The summed E-state index contributed by atoms with van der Waals surface area (Å²) < 4.78 is 5.12. The number of aromatic amines is 1. The highest BCUT2D eigenvalue weighted by Gasteiger charge is 2.11. The molecule has 0 spiro atoms. The van der Waals surface area contributed by atoms with Gasteiger partial charge < -0.3 is 14.8 Å². The van der Waals surface area contributed by atoms with Crippen molar-refractivity contribution in [3.05, 3.63) is 51.8 Å². The lowest BCUT2D eigenvalue weighted by Crippen LogP contribution is -2.09. The van der Waals surface area contributed by atoms with Crippen molar-refractivity contribution in [2.75, 3.05) is 7.11 Å². The van der Waals surface area contributed by atoms with E-state index in [1.54, 1.807) is 30.3 Å². The minimum Gasteiger partial charge on any atom is -0.507 e. The quantitative estimate of drug-likeness (QED) is 0.763. The molecule has 0 aliphatic carbocycles. The Bertz CT molecular complexity index is 890. The molecule has 3 aromatic rings. The molecular formula is C15H11ClN2O3. The summed E-state index contributed by atoms with van der Waals surface area (Å²) in [6.45, 7) is 0. The van der Waals surface area contributed by atoms with Crippen molar-refractivity contribution in [1.82, 2.24) is 9.97 Å². The molecule has 0 aliphatic rings. The summed E-state index contributed by atoms with van der Waals surface area (Å²) in [6.07, 6.45) is 0. The predicted octanol–water partition coefficient (Wildman–Crippen LogP) is 2.96. The number of ether oxygens (including phenoxy) is 1. The zero-order valence-electron chi connectivity index (χ0n) is 11.1. The summed E-state index contributed by atoms with van der Waals surface area (Å²) in [4.78, 5) is 19.1. The second-order valence-electron chi connectivity index (χ2n) is 4.46. The smallest absolute Gasteiger partial charge is 0.259 e. The van der Waals surface area contributed by atoms with E-state index in [1.807, 2.05) is 0 Å². The van der Waals surface area contributed by atoms with E-state index in [9.17, 15) is 9.90 Å². The van der Waals surface area contributed by atoms with E-state index in [4.69, 9.17) is 16.3 Å². The van der Waals surface area contributed by atoms with Crippen molar-refractivity contribution in [1.29, 1.82) is 0 Å². The van der Waals surface area contributed by atoms with Gasteiger partial charge >= 0.3 is 0 Å². The average molecular weight is 303 g/mol. The Kier molecular flexibility index (Phi) is 3.27. The molecule has 21 heavy (non-hydrogen) atoms. The first-order chi connectivity index (χ1) is 10.1. The third-order valence-electron chi connectivity index (χ3n) is 3.13. The van der Waals surface area contributed by atoms with Crippen molar-refractivity contribution >= 4 is 22.5 Å². The number of hydrogen-bond donors (Lipinski definition) is 2. The minimum atomic E-state index is -0.320. The fourth-order valence-corrected chi connectivity index (χ4v) is 2.24. The van der Waals surface area contributed by atoms with Gasteiger partial charge in [-0.05, 0) is 36.4 Å². The highest BCUT2D eigenvalue weighted by molar-refractivity contribution is 6.31. The highest BCUT2D eigenvalue weighted by Crippen LogP contribution is 2.30. The minimum absolute atomic E-state index is 0.00673. The number of nitrogens with one attached hydrogen (secondary N) is 1. The second kappa shape index (κ2) is 5.10. The molecule has 0 aliphatic heterocycles. The van der Waals surface area contributed by atoms with Crippen LogP contribution in [-0.4, -0.2) is 22.2 Å². The van der Waals surface area contributed by atoms with E-state index in [0.29, 0.717) is 27.2 Å². The lowest BCUT2D eigenvalue weighted by atomic mass is 10.1. The van der Waals surface area contributed by atoms with Crippen molar-refractivity contribution < 1.29 is 9.84 Å². The molecule has 2 aromatic carbocycles. The standard InChI is InChI=1S/C15H11ClN2O3/c1-21-9-3-5-13(19)11(7-9)14-17-12-4-2-8(16)6-10(12)15(20)18-14/h2-7,19H,1H3,(H,17,18,20). The van der Waals surface area contributed by atoms with Gasteiger partial charge in [-0.2, -0.15) is 0 Å². The molecule has 2 N–H and O–H groups in total. The number of aromatic nitrogens is 2. The fourth-order valence-electron chi connectivity index (χ4n) is 2.07. The van der Waals surface area contributed by atoms with Gasteiger partial charge in [-0.25, -0.2) is 4.98 Å². The van der Waals surface area contributed by atoms with Crippen LogP contribution in [-0.2, 0) is 0 Å². The van der Waals surface area contributed by atoms with E-state index in [2.05, 4.69) is 9.97 Å². The topological polar surface area (TPSA) is 75.2 Å². The average Bonchev–Trinajstić information content (AvgIpc) is 2.48. The Balaban J connectivity index is 2.26. The maximum atomic E-state index is 12.1. The SMILES string of the molecule is COc1ccc(O)c(-c2nc3ccc(Cl)cc3c(=O)[nH]2)c1. The third kappa shape index (κ3) is 2.43. The Morgan fingerprint density at radius 1 is 1.24 bits per heavy atom. The first-order valence-electron chi connectivity index (χ1n) is 6.15. The van der Waals surface area contributed by atoms with Crippen LogP contribution in [0.25, 0.3) is 22.3 Å². The Hall–Kier alpha value is -2.53. The van der Waals surface area contributed by atoms with Gasteiger partial charge in [0.25, 0.3) is 5.56 Å². The first-order valence-corrected chi connectivity index (χ1v) is 6.53. The molecule has 0 bridgehead atoms. The number of nitrogens with zero attached hydrogens (tertiary/aromatic N) is 1. The summed E-state index contributed by atoms with van der Waals surface area (Å²) in [5, 5.41) is 10.8. The third-order valence-corrected chi connectivity index (χ3v) is 3.36. The molecule has 0 fully saturated rings. The van der Waals surface area contributed by atoms with Gasteiger partial charge in [-0.3, -0.25) is 4.79 Å². The van der Waals surface area contributed by atoms with Crippen molar-refractivity contribution in [2.45, 2.75) is 0 Å². The van der Waals surface area contributed by atoms with Crippen LogP contribution in [0.3, 0.4) is 0 Å². The first kappa shape index (κ1) is 13.5. The van der Waals surface area contributed by atoms with Gasteiger partial charge in [0.05, 0.1) is 23.6 Å². The Labute approximate surface area is 124 Å². The van der Waals surface area contributed by atoms with Crippen molar-refractivity contribution in [3.63, 3.8) is 0 Å². The molecule has 1 aromatic heterocycles.